The van der Waals surface area contributed by atoms with E-state index in [4.69, 9.17) is 0 Å². The van der Waals surface area contributed by atoms with E-state index in [9.17, 15) is 25.9 Å². The van der Waals surface area contributed by atoms with Crippen molar-refractivity contribution in [3.63, 3.8) is 0 Å². The summed E-state index contributed by atoms with van der Waals surface area (Å²) in [5, 5.41) is 0. The van der Waals surface area contributed by atoms with Crippen molar-refractivity contribution in [1.29, 1.82) is 0 Å². The molecule has 0 heterocycles. The van der Waals surface area contributed by atoms with Crippen LogP contribution in [-0.4, -0.2) is 25.9 Å². The summed E-state index contributed by atoms with van der Waals surface area (Å²) < 4.78 is 65.7. The number of hydrogen-bond donors (Lipinski definition) is 2. The normalized spacial score (nSPS) is 12.7. The predicted molar refractivity (Wildman–Crippen MR) is 107 cm³/mol. The van der Waals surface area contributed by atoms with E-state index in [0.717, 1.165) is 0 Å². The van der Waals surface area contributed by atoms with Crippen LogP contribution in [0, 0.1) is 7.14 Å². The van der Waals surface area contributed by atoms with E-state index in [1.165, 1.54) is 36.4 Å². The molecule has 0 amide bonds. The van der Waals surface area contributed by atoms with Crippen LogP contribution in [0.3, 0.4) is 0 Å². The third-order valence-corrected chi connectivity index (χ3v) is 6.11. The minimum Gasteiger partial charge on any atom is -0.282 e. The fourth-order valence-electron chi connectivity index (χ4n) is 1.92. The van der Waals surface area contributed by atoms with Gasteiger partial charge in [-0.15, -0.1) is 0 Å². The summed E-state index contributed by atoms with van der Waals surface area (Å²) in [4.78, 5) is -0.575. The van der Waals surface area contributed by atoms with E-state index >= 15 is 0 Å². The van der Waals surface area contributed by atoms with Crippen molar-refractivity contribution in [3.8, 4) is 0 Å². The number of halogens is 2. The van der Waals surface area contributed by atoms with Crippen molar-refractivity contribution in [1.82, 2.24) is 0 Å². The van der Waals surface area contributed by atoms with Gasteiger partial charge in [0.1, 0.15) is 9.79 Å². The van der Waals surface area contributed by atoms with Crippen LogP contribution in [0.25, 0.3) is 12.2 Å². The molecule has 0 aliphatic heterocycles. The van der Waals surface area contributed by atoms with Crippen LogP contribution in [0.15, 0.2) is 46.2 Å². The Kier molecular flexibility index (Phi) is 6.08. The molecule has 0 aliphatic rings. The molecular weight excluding hydrogens is 582 g/mol. The Hall–Kier alpha value is -0.540. The van der Waals surface area contributed by atoms with E-state index in [1.807, 2.05) is 45.2 Å². The molecule has 0 saturated heterocycles. The van der Waals surface area contributed by atoms with Gasteiger partial charge >= 0.3 is 0 Å². The Balaban J connectivity index is 2.59. The van der Waals surface area contributed by atoms with Crippen molar-refractivity contribution in [2.75, 3.05) is 0 Å². The summed E-state index contributed by atoms with van der Waals surface area (Å²) in [5.41, 5.74) is 0.385. The van der Waals surface area contributed by atoms with E-state index < -0.39 is 20.2 Å². The molecule has 2 aromatic carbocycles. The number of rotatable bonds is 4. The Labute approximate surface area is 166 Å². The fourth-order valence-corrected chi connectivity index (χ4v) is 4.74. The highest BCUT2D eigenvalue weighted by Gasteiger charge is 2.16. The first-order chi connectivity index (χ1) is 11.0. The van der Waals surface area contributed by atoms with Crippen LogP contribution in [-0.2, 0) is 20.2 Å². The summed E-state index contributed by atoms with van der Waals surface area (Å²) in [5.74, 6) is 0. The second-order valence-corrected chi connectivity index (χ2v) is 9.92. The molecule has 2 aromatic rings. The van der Waals surface area contributed by atoms with Gasteiger partial charge in [-0.2, -0.15) is 16.8 Å². The van der Waals surface area contributed by atoms with Gasteiger partial charge in [-0.25, -0.2) is 0 Å². The Morgan fingerprint density at radius 2 is 1.04 bits per heavy atom. The topological polar surface area (TPSA) is 109 Å². The molecule has 0 radical (unpaired) electrons. The zero-order chi connectivity index (χ0) is 18.1. The number of hydrogen-bond acceptors (Lipinski definition) is 4. The third-order valence-electron chi connectivity index (χ3n) is 2.95. The Morgan fingerprint density at radius 3 is 1.33 bits per heavy atom. The number of benzene rings is 2. The van der Waals surface area contributed by atoms with Gasteiger partial charge in [-0.1, -0.05) is 24.3 Å². The van der Waals surface area contributed by atoms with Crippen LogP contribution in [0.1, 0.15) is 11.1 Å². The van der Waals surface area contributed by atoms with Crippen LogP contribution < -0.4 is 0 Å². The Bertz CT molecular complexity index is 944. The van der Waals surface area contributed by atoms with E-state index in [1.54, 1.807) is 12.1 Å². The van der Waals surface area contributed by atoms with E-state index in [2.05, 4.69) is 0 Å². The Morgan fingerprint density at radius 1 is 0.708 bits per heavy atom. The molecule has 0 aromatic heterocycles. The largest absolute Gasteiger partial charge is 0.295 e. The monoisotopic (exact) mass is 592 g/mol. The molecule has 0 fully saturated rings. The molecule has 128 valence electrons. The van der Waals surface area contributed by atoms with Crippen LogP contribution >= 0.6 is 45.2 Å². The van der Waals surface area contributed by atoms with Crippen molar-refractivity contribution >= 4 is 77.6 Å². The molecule has 2 N–H and O–H groups in total. The van der Waals surface area contributed by atoms with Crippen LogP contribution in [0.5, 0.6) is 0 Å². The molecule has 6 nitrogen and oxygen atoms in total. The van der Waals surface area contributed by atoms with Crippen molar-refractivity contribution in [2.45, 2.75) is 9.79 Å². The van der Waals surface area contributed by atoms with Gasteiger partial charge in [0.2, 0.25) is 0 Å². The van der Waals surface area contributed by atoms with Crippen molar-refractivity contribution in [3.05, 3.63) is 54.7 Å². The molecule has 0 saturated carbocycles. The molecule has 24 heavy (non-hydrogen) atoms. The molecule has 0 atom stereocenters. The van der Waals surface area contributed by atoms with E-state index in [0.29, 0.717) is 7.14 Å². The molecular formula is C14H10I2O6S2. The minimum atomic E-state index is -4.43. The summed E-state index contributed by atoms with van der Waals surface area (Å²) in [7, 11) is -8.86. The molecule has 0 spiro atoms. The second kappa shape index (κ2) is 7.37. The fraction of sp³-hybridized carbons (Fsp3) is 0. The van der Waals surface area contributed by atoms with Crippen molar-refractivity contribution in [2.24, 2.45) is 0 Å². The van der Waals surface area contributed by atoms with Gasteiger partial charge in [0.15, 0.2) is 0 Å². The maximum atomic E-state index is 11.5. The summed E-state index contributed by atoms with van der Waals surface area (Å²) in [6, 6.07) is 8.86. The lowest BCUT2D eigenvalue weighted by Gasteiger charge is -2.06. The standard InChI is InChI=1S/C14H10I2O6S2/c15-11-5-3-9(13(7-11)23(17,18)19)1-2-10-4-6-12(16)8-14(10)24(20,21)22/h1-8H,(H,17,18,19)(H,20,21,22). The summed E-state index contributed by atoms with van der Waals surface area (Å²) in [6.45, 7) is 0. The molecule has 2 rings (SSSR count). The summed E-state index contributed by atoms with van der Waals surface area (Å²) >= 11 is 3.82. The first-order valence-electron chi connectivity index (χ1n) is 6.20. The lowest BCUT2D eigenvalue weighted by atomic mass is 10.1. The molecule has 10 heteroatoms. The highest BCUT2D eigenvalue weighted by atomic mass is 127. The first-order valence-corrected chi connectivity index (χ1v) is 11.2. The summed E-state index contributed by atoms with van der Waals surface area (Å²) in [6.07, 6.45) is 2.71. The van der Waals surface area contributed by atoms with Crippen LogP contribution in [0.4, 0.5) is 0 Å². The van der Waals surface area contributed by atoms with Crippen molar-refractivity contribution < 1.29 is 25.9 Å². The highest BCUT2D eigenvalue weighted by molar-refractivity contribution is 14.1. The maximum absolute atomic E-state index is 11.5. The smallest absolute Gasteiger partial charge is 0.282 e. The average Bonchev–Trinajstić information content (AvgIpc) is 2.45. The van der Waals surface area contributed by atoms with Gasteiger partial charge < -0.3 is 0 Å². The van der Waals surface area contributed by atoms with E-state index in [-0.39, 0.29) is 20.9 Å². The van der Waals surface area contributed by atoms with Gasteiger partial charge in [-0.05, 0) is 80.6 Å². The van der Waals surface area contributed by atoms with Gasteiger partial charge in [0.25, 0.3) is 20.2 Å². The maximum Gasteiger partial charge on any atom is 0.295 e. The SMILES string of the molecule is O=S(=O)(O)c1cc(I)ccc1C=Cc1ccc(I)cc1S(=O)(=O)O. The zero-order valence-electron chi connectivity index (χ0n) is 11.7. The lowest BCUT2D eigenvalue weighted by Crippen LogP contribution is -2.02. The molecule has 0 bridgehead atoms. The highest BCUT2D eigenvalue weighted by Crippen LogP contribution is 2.24. The van der Waals surface area contributed by atoms with Crippen LogP contribution in [0.2, 0.25) is 0 Å². The quantitative estimate of drug-likeness (QED) is 0.320. The first kappa shape index (κ1) is 19.8. The predicted octanol–water partition coefficient (Wildman–Crippen LogP) is 3.56. The average molecular weight is 592 g/mol. The second-order valence-electron chi connectivity index (χ2n) is 4.65. The third kappa shape index (κ3) is 4.98. The lowest BCUT2D eigenvalue weighted by molar-refractivity contribution is 0.480. The van der Waals surface area contributed by atoms with Gasteiger partial charge in [0, 0.05) is 7.14 Å². The zero-order valence-corrected chi connectivity index (χ0v) is 17.7. The van der Waals surface area contributed by atoms with Gasteiger partial charge in [0.05, 0.1) is 0 Å². The molecule has 0 aliphatic carbocycles. The van der Waals surface area contributed by atoms with Gasteiger partial charge in [-0.3, -0.25) is 9.11 Å². The molecule has 0 unspecified atom stereocenters. The minimum absolute atomic E-state index is 0.192.